The number of carbonyl (C=O) groups is 2. The lowest BCUT2D eigenvalue weighted by Crippen LogP contribution is -2.24. The number of amides is 2. The van der Waals surface area contributed by atoms with Crippen LogP contribution in [0.3, 0.4) is 0 Å². The third-order valence-corrected chi connectivity index (χ3v) is 5.20. The van der Waals surface area contributed by atoms with Gasteiger partial charge >= 0.3 is 0 Å². The van der Waals surface area contributed by atoms with E-state index in [1.165, 1.54) is 30.0 Å². The molecule has 1 aliphatic heterocycles. The Bertz CT molecular complexity index is 1220. The number of rotatable bonds is 6. The summed E-state index contributed by atoms with van der Waals surface area (Å²) in [6, 6.07) is 10.9. The molecule has 0 bridgehead atoms. The van der Waals surface area contributed by atoms with Crippen LogP contribution in [0.4, 0.5) is 17.1 Å². The topological polar surface area (TPSA) is 132 Å². The minimum absolute atomic E-state index is 0.0356. The summed E-state index contributed by atoms with van der Waals surface area (Å²) < 4.78 is 6.78. The molecule has 3 aromatic rings. The number of nitrogens with one attached hydrogen (secondary N) is 1. The van der Waals surface area contributed by atoms with Gasteiger partial charge in [-0.25, -0.2) is 4.68 Å². The predicted molar refractivity (Wildman–Crippen MR) is 115 cm³/mol. The van der Waals surface area contributed by atoms with Crippen molar-refractivity contribution >= 4 is 28.9 Å². The highest BCUT2D eigenvalue weighted by Gasteiger charge is 2.25. The molecule has 0 spiro atoms. The molecule has 1 fully saturated rings. The molecule has 0 atom stereocenters. The molecule has 0 unspecified atom stereocenters. The molecule has 4 rings (SSSR count). The fourth-order valence-corrected chi connectivity index (χ4v) is 3.59. The maximum absolute atomic E-state index is 12.8. The van der Waals surface area contributed by atoms with Crippen molar-refractivity contribution in [1.29, 1.82) is 0 Å². The zero-order valence-electron chi connectivity index (χ0n) is 17.4. The molecule has 0 saturated carbocycles. The monoisotopic (exact) mass is 436 g/mol. The lowest BCUT2D eigenvalue weighted by Gasteiger charge is -2.19. The maximum Gasteiger partial charge on any atom is 0.278 e. The Hall–Kier alpha value is -4.28. The molecule has 0 aliphatic carbocycles. The van der Waals surface area contributed by atoms with E-state index in [9.17, 15) is 19.7 Å². The molecule has 2 aromatic carbocycles. The number of carbonyl (C=O) groups excluding carboxylic acids is 2. The number of non-ortho nitro benzene ring substituents is 1. The summed E-state index contributed by atoms with van der Waals surface area (Å²) in [5.74, 6) is 0.00901. The van der Waals surface area contributed by atoms with Crippen LogP contribution in [0.1, 0.15) is 29.0 Å². The molecule has 32 heavy (non-hydrogen) atoms. The minimum Gasteiger partial charge on any atom is -0.494 e. The molecule has 0 radical (unpaired) electrons. The number of methoxy groups -OCH3 is 1. The van der Waals surface area contributed by atoms with Crippen LogP contribution in [0.15, 0.2) is 42.5 Å². The average molecular weight is 436 g/mol. The van der Waals surface area contributed by atoms with Crippen molar-refractivity contribution in [3.8, 4) is 11.4 Å². The fraction of sp³-hybridized carbons (Fsp3) is 0.238. The van der Waals surface area contributed by atoms with Crippen LogP contribution in [0, 0.1) is 17.0 Å². The maximum atomic E-state index is 12.8. The lowest BCUT2D eigenvalue weighted by molar-refractivity contribution is -0.384. The van der Waals surface area contributed by atoms with Crippen molar-refractivity contribution in [2.75, 3.05) is 23.9 Å². The highest BCUT2D eigenvalue weighted by molar-refractivity contribution is 6.04. The van der Waals surface area contributed by atoms with Gasteiger partial charge < -0.3 is 15.0 Å². The Morgan fingerprint density at radius 2 is 2.06 bits per heavy atom. The van der Waals surface area contributed by atoms with E-state index >= 15 is 0 Å². The summed E-state index contributed by atoms with van der Waals surface area (Å²) in [5, 5.41) is 21.7. The number of benzene rings is 2. The molecular weight excluding hydrogens is 416 g/mol. The van der Waals surface area contributed by atoms with Crippen molar-refractivity contribution in [3.05, 3.63) is 64.0 Å². The van der Waals surface area contributed by atoms with E-state index in [0.717, 1.165) is 6.42 Å². The van der Waals surface area contributed by atoms with Gasteiger partial charge in [0.15, 0.2) is 5.69 Å². The Morgan fingerprint density at radius 3 is 2.75 bits per heavy atom. The minimum atomic E-state index is -0.504. The van der Waals surface area contributed by atoms with Crippen LogP contribution < -0.4 is 15.0 Å². The molecular formula is C21H20N6O5. The largest absolute Gasteiger partial charge is 0.494 e. The van der Waals surface area contributed by atoms with Crippen molar-refractivity contribution in [2.24, 2.45) is 0 Å². The van der Waals surface area contributed by atoms with Crippen LogP contribution in [-0.4, -0.2) is 45.4 Å². The van der Waals surface area contributed by atoms with Crippen LogP contribution in [0.2, 0.25) is 0 Å². The summed E-state index contributed by atoms with van der Waals surface area (Å²) in [5.41, 5.74) is 1.95. The van der Waals surface area contributed by atoms with Crippen molar-refractivity contribution in [3.63, 3.8) is 0 Å². The first-order chi connectivity index (χ1) is 15.4. The zero-order chi connectivity index (χ0) is 22.8. The van der Waals surface area contributed by atoms with E-state index in [1.807, 2.05) is 0 Å². The predicted octanol–water partition coefficient (Wildman–Crippen LogP) is 2.87. The highest BCUT2D eigenvalue weighted by atomic mass is 16.6. The molecule has 1 N–H and O–H groups in total. The third kappa shape index (κ3) is 3.87. The SMILES string of the molecule is COc1cc(NC(=O)c2nnn(-c3cccc([N+](=O)[O-])c3)c2C)ccc1N1CCCC1=O. The summed E-state index contributed by atoms with van der Waals surface area (Å²) in [6.07, 6.45) is 1.29. The summed E-state index contributed by atoms with van der Waals surface area (Å²) >= 11 is 0. The Morgan fingerprint density at radius 1 is 1.25 bits per heavy atom. The molecule has 2 heterocycles. The van der Waals surface area contributed by atoms with E-state index in [-0.39, 0.29) is 17.3 Å². The van der Waals surface area contributed by atoms with Gasteiger partial charge in [0.2, 0.25) is 5.91 Å². The van der Waals surface area contributed by atoms with E-state index in [1.54, 1.807) is 36.1 Å². The third-order valence-electron chi connectivity index (χ3n) is 5.20. The second kappa shape index (κ2) is 8.46. The smallest absolute Gasteiger partial charge is 0.278 e. The van der Waals surface area contributed by atoms with Gasteiger partial charge in [0, 0.05) is 36.9 Å². The first-order valence-electron chi connectivity index (χ1n) is 9.86. The number of aromatic nitrogens is 3. The number of hydrogen-bond acceptors (Lipinski definition) is 7. The van der Waals surface area contributed by atoms with E-state index in [2.05, 4.69) is 15.6 Å². The van der Waals surface area contributed by atoms with Gasteiger partial charge in [-0.3, -0.25) is 19.7 Å². The standard InChI is InChI=1S/C21H20N6O5/c1-13-20(23-24-26(13)15-5-3-6-16(12-15)27(30)31)21(29)22-14-8-9-17(18(11-14)32-2)25-10-4-7-19(25)28/h3,5-6,8-9,11-12H,4,7,10H2,1-2H3,(H,22,29). The molecule has 1 aliphatic rings. The number of ether oxygens (including phenoxy) is 1. The highest BCUT2D eigenvalue weighted by Crippen LogP contribution is 2.34. The molecule has 1 aromatic heterocycles. The lowest BCUT2D eigenvalue weighted by atomic mass is 10.2. The number of nitrogens with zero attached hydrogens (tertiary/aromatic N) is 5. The second-order valence-corrected chi connectivity index (χ2v) is 7.20. The van der Waals surface area contributed by atoms with Gasteiger partial charge in [0.25, 0.3) is 11.6 Å². The number of hydrogen-bond donors (Lipinski definition) is 1. The summed E-state index contributed by atoms with van der Waals surface area (Å²) in [4.78, 5) is 37.0. The van der Waals surface area contributed by atoms with Gasteiger partial charge in [0.05, 0.1) is 29.1 Å². The summed E-state index contributed by atoms with van der Waals surface area (Å²) in [7, 11) is 1.50. The zero-order valence-corrected chi connectivity index (χ0v) is 17.4. The first-order valence-corrected chi connectivity index (χ1v) is 9.86. The number of nitro benzene ring substituents is 1. The Balaban J connectivity index is 1.57. The quantitative estimate of drug-likeness (QED) is 0.464. The van der Waals surface area contributed by atoms with E-state index < -0.39 is 10.8 Å². The van der Waals surface area contributed by atoms with Crippen LogP contribution in [0.25, 0.3) is 5.69 Å². The normalized spacial score (nSPS) is 13.3. The molecule has 164 valence electrons. The van der Waals surface area contributed by atoms with E-state index in [0.29, 0.717) is 41.5 Å². The molecule has 1 saturated heterocycles. The van der Waals surface area contributed by atoms with Gasteiger partial charge in [-0.05, 0) is 31.5 Å². The molecule has 11 nitrogen and oxygen atoms in total. The van der Waals surface area contributed by atoms with Crippen LogP contribution >= 0.6 is 0 Å². The number of nitro groups is 1. The summed E-state index contributed by atoms with van der Waals surface area (Å²) in [6.45, 7) is 2.28. The second-order valence-electron chi connectivity index (χ2n) is 7.20. The van der Waals surface area contributed by atoms with Crippen LogP contribution in [0.5, 0.6) is 5.75 Å². The average Bonchev–Trinajstić information content (AvgIpc) is 3.39. The molecule has 2 amide bonds. The number of anilines is 2. The van der Waals surface area contributed by atoms with Gasteiger partial charge in [-0.15, -0.1) is 5.10 Å². The van der Waals surface area contributed by atoms with Crippen molar-refractivity contribution < 1.29 is 19.2 Å². The van der Waals surface area contributed by atoms with Crippen molar-refractivity contribution in [1.82, 2.24) is 15.0 Å². The van der Waals surface area contributed by atoms with Gasteiger partial charge in [-0.1, -0.05) is 11.3 Å². The fourth-order valence-electron chi connectivity index (χ4n) is 3.59. The first kappa shape index (κ1) is 21.0. The van der Waals surface area contributed by atoms with Gasteiger partial charge in [0.1, 0.15) is 5.75 Å². The van der Waals surface area contributed by atoms with Crippen LogP contribution in [-0.2, 0) is 4.79 Å². The van der Waals surface area contributed by atoms with E-state index in [4.69, 9.17) is 4.74 Å². The van der Waals surface area contributed by atoms with Crippen molar-refractivity contribution in [2.45, 2.75) is 19.8 Å². The Labute approximate surface area is 182 Å². The molecule has 11 heteroatoms. The Kier molecular flexibility index (Phi) is 5.54. The van der Waals surface area contributed by atoms with Gasteiger partial charge in [-0.2, -0.15) is 0 Å².